The van der Waals surface area contributed by atoms with E-state index in [1.807, 2.05) is 32.8 Å². The van der Waals surface area contributed by atoms with Crippen LogP contribution in [0.15, 0.2) is 6.07 Å². The van der Waals surface area contributed by atoms with Crippen molar-refractivity contribution in [2.45, 2.75) is 19.8 Å². The molecule has 3 N–H and O–H groups in total. The van der Waals surface area contributed by atoms with Crippen LogP contribution in [0.4, 0.5) is 5.82 Å². The van der Waals surface area contributed by atoms with Crippen molar-refractivity contribution < 1.29 is 0 Å². The fraction of sp³-hybridized carbons (Fsp3) is 0.500. The molecule has 1 heterocycles. The molecule has 0 saturated carbocycles. The molecule has 0 fully saturated rings. The summed E-state index contributed by atoms with van der Waals surface area (Å²) in [5.74, 6) is 1.69. The fourth-order valence-corrected chi connectivity index (χ4v) is 1.08. The van der Waals surface area contributed by atoms with Gasteiger partial charge in [-0.15, -0.1) is 0 Å². The second kappa shape index (κ2) is 4.25. The van der Waals surface area contributed by atoms with Gasteiger partial charge in [0.15, 0.2) is 0 Å². The van der Waals surface area contributed by atoms with Crippen LogP contribution in [0.1, 0.15) is 31.3 Å². The van der Waals surface area contributed by atoms with Gasteiger partial charge in [0.05, 0.1) is 0 Å². The number of nitrogen functional groups attached to an aromatic ring is 1. The molecule has 15 heavy (non-hydrogen) atoms. The summed E-state index contributed by atoms with van der Waals surface area (Å²) in [6.45, 7) is 4.03. The third-order valence-corrected chi connectivity index (χ3v) is 1.98. The first-order valence-electron chi connectivity index (χ1n) is 4.82. The maximum Gasteiger partial charge on any atom is 0.142 e. The van der Waals surface area contributed by atoms with Crippen LogP contribution in [0.3, 0.4) is 0 Å². The number of hydrogen-bond acceptors (Lipinski definition) is 4. The van der Waals surface area contributed by atoms with E-state index in [0.717, 1.165) is 5.82 Å². The molecule has 5 heteroatoms. The number of anilines is 1. The predicted octanol–water partition coefficient (Wildman–Crippen LogP) is 0.950. The van der Waals surface area contributed by atoms with Crippen LogP contribution in [-0.4, -0.2) is 29.9 Å². The van der Waals surface area contributed by atoms with Gasteiger partial charge in [0.1, 0.15) is 23.2 Å². The lowest BCUT2D eigenvalue weighted by atomic mass is 10.2. The lowest BCUT2D eigenvalue weighted by molar-refractivity contribution is 0.767. The third-order valence-electron chi connectivity index (χ3n) is 1.98. The molecule has 0 aliphatic rings. The molecule has 1 aromatic heterocycles. The lowest BCUT2D eigenvalue weighted by Gasteiger charge is -2.14. The molecule has 5 nitrogen and oxygen atoms in total. The van der Waals surface area contributed by atoms with Gasteiger partial charge >= 0.3 is 0 Å². The van der Waals surface area contributed by atoms with Crippen molar-refractivity contribution in [1.29, 1.82) is 5.41 Å². The number of nitrogens with two attached hydrogens (primary N) is 1. The maximum absolute atomic E-state index is 7.38. The third kappa shape index (κ3) is 2.65. The van der Waals surface area contributed by atoms with Gasteiger partial charge in [-0.05, 0) is 0 Å². The summed E-state index contributed by atoms with van der Waals surface area (Å²) >= 11 is 0. The highest BCUT2D eigenvalue weighted by Crippen LogP contribution is 2.15. The van der Waals surface area contributed by atoms with Crippen LogP contribution in [0.2, 0.25) is 0 Å². The Morgan fingerprint density at radius 2 is 2.00 bits per heavy atom. The summed E-state index contributed by atoms with van der Waals surface area (Å²) in [5, 5.41) is 7.38. The second-order valence-corrected chi connectivity index (χ2v) is 3.93. The number of nitrogens with one attached hydrogen (secondary N) is 1. The predicted molar refractivity (Wildman–Crippen MR) is 61.5 cm³/mol. The molecule has 0 bridgehead atoms. The molecule has 1 rings (SSSR count). The van der Waals surface area contributed by atoms with Gasteiger partial charge in [0.25, 0.3) is 0 Å². The van der Waals surface area contributed by atoms with Crippen molar-refractivity contribution in [2.24, 2.45) is 5.73 Å². The number of amidine groups is 1. The first kappa shape index (κ1) is 11.4. The Balaban J connectivity index is 3.26. The van der Waals surface area contributed by atoms with E-state index in [2.05, 4.69) is 9.97 Å². The molecule has 0 saturated heterocycles. The van der Waals surface area contributed by atoms with Gasteiger partial charge in [0.2, 0.25) is 0 Å². The van der Waals surface area contributed by atoms with E-state index in [1.54, 1.807) is 6.07 Å². The Hall–Kier alpha value is -1.65. The van der Waals surface area contributed by atoms with E-state index < -0.39 is 0 Å². The molecule has 0 radical (unpaired) electrons. The zero-order valence-corrected chi connectivity index (χ0v) is 9.57. The van der Waals surface area contributed by atoms with Crippen molar-refractivity contribution in [1.82, 2.24) is 9.97 Å². The van der Waals surface area contributed by atoms with Crippen molar-refractivity contribution in [3.8, 4) is 0 Å². The molecule has 0 aliphatic carbocycles. The van der Waals surface area contributed by atoms with E-state index in [0.29, 0.717) is 11.5 Å². The SMILES string of the molecule is CC(C)c1nc(C(=N)N)cc(N(C)C)n1. The zero-order chi connectivity index (χ0) is 11.6. The van der Waals surface area contributed by atoms with Gasteiger partial charge in [-0.1, -0.05) is 13.8 Å². The van der Waals surface area contributed by atoms with Crippen LogP contribution in [0.5, 0.6) is 0 Å². The topological polar surface area (TPSA) is 78.9 Å². The molecule has 0 atom stereocenters. The summed E-state index contributed by atoms with van der Waals surface area (Å²) in [6.07, 6.45) is 0. The summed E-state index contributed by atoms with van der Waals surface area (Å²) in [4.78, 5) is 10.5. The summed E-state index contributed by atoms with van der Waals surface area (Å²) in [7, 11) is 3.80. The minimum absolute atomic E-state index is 0.0256. The van der Waals surface area contributed by atoms with E-state index in [1.165, 1.54) is 0 Å². The van der Waals surface area contributed by atoms with Gasteiger partial charge in [-0.25, -0.2) is 9.97 Å². The van der Waals surface area contributed by atoms with Gasteiger partial charge in [-0.2, -0.15) is 0 Å². The minimum atomic E-state index is -0.0256. The Labute approximate surface area is 89.8 Å². The summed E-state index contributed by atoms with van der Waals surface area (Å²) in [5.41, 5.74) is 5.91. The van der Waals surface area contributed by atoms with Crippen LogP contribution in [-0.2, 0) is 0 Å². The minimum Gasteiger partial charge on any atom is -0.382 e. The summed E-state index contributed by atoms with van der Waals surface area (Å²) < 4.78 is 0. The molecular weight excluding hydrogens is 190 g/mol. The smallest absolute Gasteiger partial charge is 0.142 e. The highest BCUT2D eigenvalue weighted by Gasteiger charge is 2.10. The number of aromatic nitrogens is 2. The monoisotopic (exact) mass is 207 g/mol. The van der Waals surface area contributed by atoms with Crippen molar-refractivity contribution in [2.75, 3.05) is 19.0 Å². The molecule has 0 aromatic carbocycles. The second-order valence-electron chi connectivity index (χ2n) is 3.93. The molecule has 0 aliphatic heterocycles. The summed E-state index contributed by atoms with van der Waals surface area (Å²) in [6, 6.07) is 1.72. The van der Waals surface area contributed by atoms with Gasteiger partial charge in [-0.3, -0.25) is 5.41 Å². The van der Waals surface area contributed by atoms with Crippen LogP contribution in [0, 0.1) is 5.41 Å². The fourth-order valence-electron chi connectivity index (χ4n) is 1.08. The Bertz CT molecular complexity index is 344. The van der Waals surface area contributed by atoms with Crippen molar-refractivity contribution in [3.05, 3.63) is 17.6 Å². The molecule has 82 valence electrons. The Morgan fingerprint density at radius 3 is 2.40 bits per heavy atom. The van der Waals surface area contributed by atoms with E-state index in [-0.39, 0.29) is 11.8 Å². The molecule has 0 spiro atoms. The lowest BCUT2D eigenvalue weighted by Crippen LogP contribution is -2.19. The quantitative estimate of drug-likeness (QED) is 0.571. The van der Waals surface area contributed by atoms with E-state index >= 15 is 0 Å². The van der Waals surface area contributed by atoms with Crippen LogP contribution in [0.25, 0.3) is 0 Å². The molecule has 0 amide bonds. The number of nitrogens with zero attached hydrogens (tertiary/aromatic N) is 3. The zero-order valence-electron chi connectivity index (χ0n) is 9.57. The number of hydrogen-bond donors (Lipinski definition) is 2. The molecule has 1 aromatic rings. The maximum atomic E-state index is 7.38. The van der Waals surface area contributed by atoms with Crippen LogP contribution < -0.4 is 10.6 Å². The highest BCUT2D eigenvalue weighted by atomic mass is 15.2. The van der Waals surface area contributed by atoms with Crippen molar-refractivity contribution in [3.63, 3.8) is 0 Å². The molecule has 0 unspecified atom stereocenters. The first-order chi connectivity index (χ1) is 6.91. The van der Waals surface area contributed by atoms with E-state index in [4.69, 9.17) is 11.1 Å². The molecular formula is C10H17N5. The normalized spacial score (nSPS) is 10.5. The highest BCUT2D eigenvalue weighted by molar-refractivity contribution is 5.93. The Morgan fingerprint density at radius 1 is 1.40 bits per heavy atom. The van der Waals surface area contributed by atoms with Gasteiger partial charge < -0.3 is 10.6 Å². The first-order valence-corrected chi connectivity index (χ1v) is 4.82. The average Bonchev–Trinajstić information content (AvgIpc) is 2.16. The largest absolute Gasteiger partial charge is 0.382 e. The Kier molecular flexibility index (Phi) is 3.24. The average molecular weight is 207 g/mol. The van der Waals surface area contributed by atoms with E-state index in [9.17, 15) is 0 Å². The van der Waals surface area contributed by atoms with Crippen LogP contribution >= 0.6 is 0 Å². The number of rotatable bonds is 3. The van der Waals surface area contributed by atoms with Gasteiger partial charge in [0, 0.05) is 26.1 Å². The standard InChI is InChI=1S/C10H17N5/c1-6(2)10-13-7(9(11)12)5-8(14-10)15(3)4/h5-6H,1-4H3,(H3,11,12). The van der Waals surface area contributed by atoms with Crippen molar-refractivity contribution >= 4 is 11.7 Å².